The van der Waals surface area contributed by atoms with Gasteiger partial charge in [0, 0.05) is 13.1 Å². The minimum Gasteiger partial charge on any atom is -0.435 e. The van der Waals surface area contributed by atoms with E-state index in [1.54, 1.807) is 12.1 Å². The second-order valence-electron chi connectivity index (χ2n) is 8.99. The maximum Gasteiger partial charge on any atom is 0.387 e. The molecule has 35 heavy (non-hydrogen) atoms. The summed E-state index contributed by atoms with van der Waals surface area (Å²) in [7, 11) is 0. The zero-order valence-corrected chi connectivity index (χ0v) is 19.3. The SMILES string of the molecule is O=C(CNC(c1ccccc1)c1ccc(OC(F)F)cc1)N1CCC2(CC1)OCc1ccccc12. The third-order valence-corrected chi connectivity index (χ3v) is 6.96. The summed E-state index contributed by atoms with van der Waals surface area (Å²) in [4.78, 5) is 15.0. The molecule has 3 aromatic carbocycles. The molecule has 0 saturated carbocycles. The Hall–Kier alpha value is -3.29. The zero-order valence-electron chi connectivity index (χ0n) is 19.3. The molecule has 1 saturated heterocycles. The first-order chi connectivity index (χ1) is 17.0. The lowest BCUT2D eigenvalue weighted by molar-refractivity contribution is -0.137. The normalized spacial score (nSPS) is 17.4. The molecule has 1 unspecified atom stereocenters. The summed E-state index contributed by atoms with van der Waals surface area (Å²) in [6.07, 6.45) is 1.56. The van der Waals surface area contributed by atoms with Crippen LogP contribution in [0.15, 0.2) is 78.9 Å². The molecule has 5 nitrogen and oxygen atoms in total. The van der Waals surface area contributed by atoms with E-state index in [9.17, 15) is 13.6 Å². The largest absolute Gasteiger partial charge is 0.435 e. The molecule has 0 radical (unpaired) electrons. The molecule has 1 amide bonds. The fourth-order valence-corrected chi connectivity index (χ4v) is 5.13. The van der Waals surface area contributed by atoms with Crippen LogP contribution in [0, 0.1) is 0 Å². The average molecular weight is 479 g/mol. The highest BCUT2D eigenvalue weighted by molar-refractivity contribution is 5.78. The van der Waals surface area contributed by atoms with Gasteiger partial charge in [-0.3, -0.25) is 10.1 Å². The highest BCUT2D eigenvalue weighted by atomic mass is 19.3. The number of nitrogens with one attached hydrogen (secondary N) is 1. The van der Waals surface area contributed by atoms with Crippen LogP contribution in [-0.2, 0) is 21.7 Å². The van der Waals surface area contributed by atoms with Gasteiger partial charge in [-0.1, -0.05) is 66.7 Å². The van der Waals surface area contributed by atoms with Crippen molar-refractivity contribution in [2.75, 3.05) is 19.6 Å². The minimum absolute atomic E-state index is 0.0321. The van der Waals surface area contributed by atoms with Gasteiger partial charge in [-0.05, 0) is 47.2 Å². The van der Waals surface area contributed by atoms with Gasteiger partial charge in [0.05, 0.1) is 24.8 Å². The summed E-state index contributed by atoms with van der Waals surface area (Å²) in [5, 5.41) is 3.37. The van der Waals surface area contributed by atoms with E-state index < -0.39 is 6.61 Å². The summed E-state index contributed by atoms with van der Waals surface area (Å²) in [6, 6.07) is 24.4. The third-order valence-electron chi connectivity index (χ3n) is 6.96. The van der Waals surface area contributed by atoms with Gasteiger partial charge in [-0.2, -0.15) is 8.78 Å². The predicted molar refractivity (Wildman–Crippen MR) is 128 cm³/mol. The van der Waals surface area contributed by atoms with Gasteiger partial charge in [0.1, 0.15) is 5.75 Å². The van der Waals surface area contributed by atoms with E-state index >= 15 is 0 Å². The number of ether oxygens (including phenoxy) is 2. The molecule has 2 heterocycles. The van der Waals surface area contributed by atoms with Crippen LogP contribution >= 0.6 is 0 Å². The number of hydrogen-bond acceptors (Lipinski definition) is 4. The van der Waals surface area contributed by atoms with Gasteiger partial charge in [0.2, 0.25) is 5.91 Å². The van der Waals surface area contributed by atoms with Gasteiger partial charge < -0.3 is 14.4 Å². The molecule has 7 heteroatoms. The lowest BCUT2D eigenvalue weighted by Crippen LogP contribution is -2.48. The van der Waals surface area contributed by atoms with Gasteiger partial charge in [-0.15, -0.1) is 0 Å². The summed E-state index contributed by atoms with van der Waals surface area (Å²) in [6.45, 7) is -0.784. The van der Waals surface area contributed by atoms with E-state index in [0.29, 0.717) is 19.7 Å². The molecule has 3 aromatic rings. The lowest BCUT2D eigenvalue weighted by Gasteiger charge is -2.39. The standard InChI is InChI=1S/C28H28F2N2O3/c29-27(30)35-23-12-10-21(11-13-23)26(20-6-2-1-3-7-20)31-18-25(33)32-16-14-28(15-17-32)24-9-5-4-8-22(24)19-34-28/h1-13,26-27,31H,14-19H2. The van der Waals surface area contributed by atoms with E-state index in [1.807, 2.05) is 47.4 Å². The number of piperidine rings is 1. The van der Waals surface area contributed by atoms with Gasteiger partial charge in [-0.25, -0.2) is 0 Å². The highest BCUT2D eigenvalue weighted by Crippen LogP contribution is 2.44. The summed E-state index contributed by atoms with van der Waals surface area (Å²) in [5.74, 6) is 0.134. The molecular formula is C28H28F2N2O3. The molecule has 1 spiro atoms. The minimum atomic E-state index is -2.87. The fourth-order valence-electron chi connectivity index (χ4n) is 5.13. The maximum absolute atomic E-state index is 13.1. The Bertz CT molecular complexity index is 1150. The van der Waals surface area contributed by atoms with Crippen molar-refractivity contribution in [1.82, 2.24) is 10.2 Å². The van der Waals surface area contributed by atoms with Crippen molar-refractivity contribution in [1.29, 1.82) is 0 Å². The Kier molecular flexibility index (Phi) is 6.79. The smallest absolute Gasteiger partial charge is 0.387 e. The number of carbonyl (C=O) groups is 1. The van der Waals surface area contributed by atoms with Crippen molar-refractivity contribution in [3.8, 4) is 5.75 Å². The molecule has 5 rings (SSSR count). The molecule has 2 aliphatic rings. The maximum atomic E-state index is 13.1. The van der Waals surface area contributed by atoms with Gasteiger partial charge >= 0.3 is 6.61 Å². The van der Waals surface area contributed by atoms with Crippen molar-refractivity contribution >= 4 is 5.91 Å². The van der Waals surface area contributed by atoms with E-state index in [-0.39, 0.29) is 29.8 Å². The number of halogens is 2. The molecule has 1 fully saturated rings. The molecule has 0 aromatic heterocycles. The third kappa shape index (κ3) is 5.06. The Morgan fingerprint density at radius 1 is 0.943 bits per heavy atom. The lowest BCUT2D eigenvalue weighted by atomic mass is 9.84. The number of fused-ring (bicyclic) bond motifs is 2. The molecular weight excluding hydrogens is 450 g/mol. The number of rotatable bonds is 7. The predicted octanol–water partition coefficient (Wildman–Crippen LogP) is 5.02. The fraction of sp³-hybridized carbons (Fsp3) is 0.321. The van der Waals surface area contributed by atoms with Crippen LogP contribution in [0.5, 0.6) is 5.75 Å². The second-order valence-corrected chi connectivity index (χ2v) is 8.99. The average Bonchev–Trinajstić information content (AvgIpc) is 3.24. The Balaban J connectivity index is 1.24. The number of nitrogens with zero attached hydrogens (tertiary/aromatic N) is 1. The summed E-state index contributed by atoms with van der Waals surface area (Å²) in [5.41, 5.74) is 4.06. The number of amides is 1. The van der Waals surface area contributed by atoms with Gasteiger partial charge in [0.15, 0.2) is 0 Å². The number of alkyl halides is 2. The Labute approximate surface area is 203 Å². The topological polar surface area (TPSA) is 50.8 Å². The molecule has 1 atom stereocenters. The van der Waals surface area contributed by atoms with Crippen molar-refractivity contribution in [2.45, 2.75) is 37.7 Å². The monoisotopic (exact) mass is 478 g/mol. The first kappa shape index (κ1) is 23.5. The van der Waals surface area contributed by atoms with Crippen LogP contribution in [0.3, 0.4) is 0 Å². The van der Waals surface area contributed by atoms with Crippen molar-refractivity contribution in [3.05, 3.63) is 101 Å². The van der Waals surface area contributed by atoms with Crippen LogP contribution in [0.2, 0.25) is 0 Å². The number of benzene rings is 3. The van der Waals surface area contributed by atoms with E-state index in [4.69, 9.17) is 4.74 Å². The molecule has 1 N–H and O–H groups in total. The van der Waals surface area contributed by atoms with E-state index in [2.05, 4.69) is 22.2 Å². The highest BCUT2D eigenvalue weighted by Gasteiger charge is 2.43. The summed E-state index contributed by atoms with van der Waals surface area (Å²) >= 11 is 0. The van der Waals surface area contributed by atoms with Gasteiger partial charge in [0.25, 0.3) is 0 Å². The van der Waals surface area contributed by atoms with Crippen LogP contribution in [0.25, 0.3) is 0 Å². The summed E-state index contributed by atoms with van der Waals surface area (Å²) < 4.78 is 35.7. The molecule has 0 aliphatic carbocycles. The van der Waals surface area contributed by atoms with Crippen LogP contribution < -0.4 is 10.1 Å². The number of hydrogen-bond donors (Lipinski definition) is 1. The Morgan fingerprint density at radius 3 is 2.31 bits per heavy atom. The molecule has 2 aliphatic heterocycles. The van der Waals surface area contributed by atoms with Crippen molar-refractivity contribution < 1.29 is 23.0 Å². The second kappa shape index (κ2) is 10.1. The Morgan fingerprint density at radius 2 is 1.60 bits per heavy atom. The van der Waals surface area contributed by atoms with Crippen LogP contribution in [0.1, 0.15) is 41.1 Å². The van der Waals surface area contributed by atoms with Crippen molar-refractivity contribution in [3.63, 3.8) is 0 Å². The quantitative estimate of drug-likeness (QED) is 0.519. The van der Waals surface area contributed by atoms with Crippen LogP contribution in [0.4, 0.5) is 8.78 Å². The van der Waals surface area contributed by atoms with Crippen LogP contribution in [-0.4, -0.2) is 37.1 Å². The van der Waals surface area contributed by atoms with E-state index in [0.717, 1.165) is 24.0 Å². The first-order valence-corrected chi connectivity index (χ1v) is 11.9. The zero-order chi connectivity index (χ0) is 24.3. The number of likely N-dealkylation sites (tertiary alicyclic amines) is 1. The number of carbonyl (C=O) groups excluding carboxylic acids is 1. The molecule has 0 bridgehead atoms. The van der Waals surface area contributed by atoms with E-state index in [1.165, 1.54) is 23.3 Å². The van der Waals surface area contributed by atoms with Crippen molar-refractivity contribution in [2.24, 2.45) is 0 Å². The first-order valence-electron chi connectivity index (χ1n) is 11.9. The molecule has 182 valence electrons.